The van der Waals surface area contributed by atoms with Gasteiger partial charge in [0.1, 0.15) is 5.82 Å². The van der Waals surface area contributed by atoms with Crippen molar-refractivity contribution in [2.45, 2.75) is 0 Å². The molecule has 2 aromatic carbocycles. The van der Waals surface area contributed by atoms with E-state index in [0.29, 0.717) is 3.57 Å². The van der Waals surface area contributed by atoms with E-state index in [9.17, 15) is 4.39 Å². The van der Waals surface area contributed by atoms with Crippen molar-refractivity contribution in [1.29, 1.82) is 0 Å². The van der Waals surface area contributed by atoms with E-state index in [1.807, 2.05) is 52.9 Å². The number of anilines is 2. The van der Waals surface area contributed by atoms with Gasteiger partial charge in [0.25, 0.3) is 0 Å². The summed E-state index contributed by atoms with van der Waals surface area (Å²) < 4.78 is 15.1. The van der Waals surface area contributed by atoms with Crippen molar-refractivity contribution in [1.82, 2.24) is 4.98 Å². The van der Waals surface area contributed by atoms with Crippen LogP contribution in [0.2, 0.25) is 0 Å². The van der Waals surface area contributed by atoms with Gasteiger partial charge < -0.3 is 5.32 Å². The van der Waals surface area contributed by atoms with Crippen LogP contribution < -0.4 is 5.32 Å². The maximum atomic E-state index is 13.4. The Morgan fingerprint density at radius 1 is 1.11 bits per heavy atom. The average Bonchev–Trinajstić information content (AvgIpc) is 2.77. The molecule has 18 heavy (non-hydrogen) atoms. The van der Waals surface area contributed by atoms with Crippen LogP contribution in [-0.2, 0) is 0 Å². The Labute approximate surface area is 121 Å². The topological polar surface area (TPSA) is 24.9 Å². The lowest BCUT2D eigenvalue weighted by Crippen LogP contribution is -1.94. The minimum atomic E-state index is -0.221. The molecule has 0 aliphatic carbocycles. The largest absolute Gasteiger partial charge is 0.331 e. The summed E-state index contributed by atoms with van der Waals surface area (Å²) in [4.78, 5) is 4.46. The van der Waals surface area contributed by atoms with Gasteiger partial charge >= 0.3 is 0 Å². The molecule has 3 rings (SSSR count). The third kappa shape index (κ3) is 2.20. The molecule has 0 fully saturated rings. The number of halogens is 2. The maximum absolute atomic E-state index is 13.4. The van der Waals surface area contributed by atoms with Gasteiger partial charge in [-0.05, 0) is 46.9 Å². The number of fused-ring (bicyclic) bond motifs is 1. The molecule has 0 atom stereocenters. The predicted molar refractivity (Wildman–Crippen MR) is 82.0 cm³/mol. The fraction of sp³-hybridized carbons (Fsp3) is 0. The minimum absolute atomic E-state index is 0.221. The van der Waals surface area contributed by atoms with Gasteiger partial charge in [-0.1, -0.05) is 29.5 Å². The van der Waals surface area contributed by atoms with Crippen LogP contribution in [0.5, 0.6) is 0 Å². The Kier molecular flexibility index (Phi) is 3.17. The van der Waals surface area contributed by atoms with E-state index >= 15 is 0 Å². The monoisotopic (exact) mass is 370 g/mol. The number of rotatable bonds is 2. The third-order valence-corrected chi connectivity index (χ3v) is 4.54. The number of hydrogen-bond acceptors (Lipinski definition) is 3. The number of benzene rings is 2. The fourth-order valence-electron chi connectivity index (χ4n) is 1.64. The van der Waals surface area contributed by atoms with Crippen molar-refractivity contribution in [3.63, 3.8) is 0 Å². The highest BCUT2D eigenvalue weighted by Crippen LogP contribution is 2.30. The molecule has 1 aromatic heterocycles. The molecule has 0 aliphatic rings. The van der Waals surface area contributed by atoms with Crippen LogP contribution in [0.3, 0.4) is 0 Å². The highest BCUT2D eigenvalue weighted by Gasteiger charge is 2.08. The molecule has 0 radical (unpaired) electrons. The molecule has 1 N–H and O–H groups in total. The SMILES string of the molecule is Fc1cccc(Nc2nc3ccccc3s2)c1I. The van der Waals surface area contributed by atoms with Crippen LogP contribution in [0.15, 0.2) is 42.5 Å². The zero-order valence-electron chi connectivity index (χ0n) is 9.15. The second kappa shape index (κ2) is 4.81. The molecular formula is C13H8FIN2S. The zero-order chi connectivity index (χ0) is 12.5. The van der Waals surface area contributed by atoms with Gasteiger partial charge in [-0.15, -0.1) is 0 Å². The molecule has 0 saturated heterocycles. The van der Waals surface area contributed by atoms with Gasteiger partial charge in [0.05, 0.1) is 19.5 Å². The molecule has 5 heteroatoms. The summed E-state index contributed by atoms with van der Waals surface area (Å²) in [5.74, 6) is -0.221. The molecular weight excluding hydrogens is 362 g/mol. The van der Waals surface area contributed by atoms with Crippen molar-refractivity contribution < 1.29 is 4.39 Å². The number of hydrogen-bond donors (Lipinski definition) is 1. The summed E-state index contributed by atoms with van der Waals surface area (Å²) in [5.41, 5.74) is 1.70. The second-order valence-corrected chi connectivity index (χ2v) is 5.82. The van der Waals surface area contributed by atoms with Crippen LogP contribution in [0.4, 0.5) is 15.2 Å². The summed E-state index contributed by atoms with van der Waals surface area (Å²) in [6.07, 6.45) is 0. The molecule has 0 saturated carbocycles. The van der Waals surface area contributed by atoms with Crippen LogP contribution >= 0.6 is 33.9 Å². The predicted octanol–water partition coefficient (Wildman–Crippen LogP) is 4.78. The maximum Gasteiger partial charge on any atom is 0.188 e. The molecule has 0 aliphatic heterocycles. The first-order valence-corrected chi connectivity index (χ1v) is 7.20. The first-order chi connectivity index (χ1) is 8.74. The van der Waals surface area contributed by atoms with Crippen molar-refractivity contribution in [2.24, 2.45) is 0 Å². The van der Waals surface area contributed by atoms with Crippen LogP contribution in [0.1, 0.15) is 0 Å². The van der Waals surface area contributed by atoms with Gasteiger partial charge in [0, 0.05) is 0 Å². The standard InChI is InChI=1S/C13H8FIN2S/c14-8-4-3-6-10(12(8)15)17-13-16-9-5-1-2-7-11(9)18-13/h1-7H,(H,16,17). The third-order valence-electron chi connectivity index (χ3n) is 2.49. The Balaban J connectivity index is 1.99. The lowest BCUT2D eigenvalue weighted by Gasteiger charge is -2.05. The molecule has 0 amide bonds. The lowest BCUT2D eigenvalue weighted by molar-refractivity contribution is 0.621. The highest BCUT2D eigenvalue weighted by atomic mass is 127. The molecule has 0 spiro atoms. The number of para-hydroxylation sites is 1. The molecule has 1 heterocycles. The minimum Gasteiger partial charge on any atom is -0.331 e. The van der Waals surface area contributed by atoms with Gasteiger partial charge in [0.2, 0.25) is 0 Å². The fourth-order valence-corrected chi connectivity index (χ4v) is 3.01. The van der Waals surface area contributed by atoms with Gasteiger partial charge in [-0.25, -0.2) is 9.37 Å². The number of nitrogens with one attached hydrogen (secondary N) is 1. The number of nitrogens with zero attached hydrogens (tertiary/aromatic N) is 1. The van der Waals surface area contributed by atoms with Crippen molar-refractivity contribution in [3.05, 3.63) is 51.9 Å². The normalized spacial score (nSPS) is 10.8. The molecule has 90 valence electrons. The van der Waals surface area contributed by atoms with E-state index in [2.05, 4.69) is 10.3 Å². The molecule has 0 unspecified atom stereocenters. The van der Waals surface area contributed by atoms with Gasteiger partial charge in [-0.3, -0.25) is 0 Å². The number of aromatic nitrogens is 1. The van der Waals surface area contributed by atoms with E-state index in [-0.39, 0.29) is 5.82 Å². The van der Waals surface area contributed by atoms with Crippen molar-refractivity contribution in [2.75, 3.05) is 5.32 Å². The van der Waals surface area contributed by atoms with E-state index < -0.39 is 0 Å². The second-order valence-electron chi connectivity index (χ2n) is 3.71. The Bertz CT molecular complexity index is 678. The van der Waals surface area contributed by atoms with Crippen LogP contribution in [-0.4, -0.2) is 4.98 Å². The van der Waals surface area contributed by atoms with Crippen molar-refractivity contribution >= 4 is 55.0 Å². The smallest absolute Gasteiger partial charge is 0.188 e. The van der Waals surface area contributed by atoms with E-state index in [1.165, 1.54) is 6.07 Å². The Morgan fingerprint density at radius 2 is 1.94 bits per heavy atom. The van der Waals surface area contributed by atoms with Crippen LogP contribution in [0.25, 0.3) is 10.2 Å². The van der Waals surface area contributed by atoms with Crippen LogP contribution in [0, 0.1) is 9.39 Å². The van der Waals surface area contributed by atoms with Crippen molar-refractivity contribution in [3.8, 4) is 0 Å². The zero-order valence-corrected chi connectivity index (χ0v) is 12.1. The quantitative estimate of drug-likeness (QED) is 0.657. The molecule has 2 nitrogen and oxygen atoms in total. The van der Waals surface area contributed by atoms with Gasteiger partial charge in [-0.2, -0.15) is 0 Å². The summed E-state index contributed by atoms with van der Waals surface area (Å²) in [6.45, 7) is 0. The highest BCUT2D eigenvalue weighted by molar-refractivity contribution is 14.1. The number of thiazole rings is 1. The summed E-state index contributed by atoms with van der Waals surface area (Å²) >= 11 is 3.55. The Hall–Kier alpha value is -1.21. The summed E-state index contributed by atoms with van der Waals surface area (Å²) in [7, 11) is 0. The molecule has 0 bridgehead atoms. The lowest BCUT2D eigenvalue weighted by atomic mass is 10.3. The van der Waals surface area contributed by atoms with E-state index in [0.717, 1.165) is 21.0 Å². The summed E-state index contributed by atoms with van der Waals surface area (Å²) in [6, 6.07) is 12.9. The van der Waals surface area contributed by atoms with E-state index in [1.54, 1.807) is 17.4 Å². The Morgan fingerprint density at radius 3 is 2.78 bits per heavy atom. The van der Waals surface area contributed by atoms with E-state index in [4.69, 9.17) is 0 Å². The molecule has 3 aromatic rings. The summed E-state index contributed by atoms with van der Waals surface area (Å²) in [5, 5.41) is 3.94. The first-order valence-electron chi connectivity index (χ1n) is 5.30. The first kappa shape index (κ1) is 11.9. The van der Waals surface area contributed by atoms with Gasteiger partial charge in [0.15, 0.2) is 5.13 Å². The average molecular weight is 370 g/mol.